The van der Waals surface area contributed by atoms with Crippen molar-refractivity contribution in [2.75, 3.05) is 31.1 Å². The molecule has 1 heterocycles. The highest BCUT2D eigenvalue weighted by Gasteiger charge is 2.23. The molecular formula is C14H19F2N3O. The number of nitrogens with one attached hydrogen (secondary N) is 2. The molecule has 0 saturated carbocycles. The van der Waals surface area contributed by atoms with Gasteiger partial charge in [0.2, 0.25) is 0 Å². The van der Waals surface area contributed by atoms with Gasteiger partial charge in [-0.2, -0.15) is 0 Å². The molecule has 1 saturated heterocycles. The Morgan fingerprint density at radius 1 is 1.35 bits per heavy atom. The number of carbonyl (C=O) groups excluding carboxylic acids is 1. The minimum Gasteiger partial charge on any atom is -0.371 e. The maximum absolute atomic E-state index is 13.2. The minimum absolute atomic E-state index is 0.168. The van der Waals surface area contributed by atoms with E-state index in [1.165, 1.54) is 6.07 Å². The molecule has 1 aliphatic rings. The molecule has 4 nitrogen and oxygen atoms in total. The topological polar surface area (TPSA) is 44.4 Å². The Bertz CT molecular complexity index is 481. The summed E-state index contributed by atoms with van der Waals surface area (Å²) < 4.78 is 26.1. The van der Waals surface area contributed by atoms with E-state index in [1.807, 2.05) is 11.8 Å². The molecule has 6 heteroatoms. The van der Waals surface area contributed by atoms with Gasteiger partial charge >= 0.3 is 6.03 Å². The number of anilines is 1. The first-order valence-electron chi connectivity index (χ1n) is 6.82. The Balaban J connectivity index is 1.85. The second-order valence-corrected chi connectivity index (χ2v) is 4.94. The van der Waals surface area contributed by atoms with Crippen LogP contribution in [0.5, 0.6) is 0 Å². The van der Waals surface area contributed by atoms with E-state index < -0.39 is 11.6 Å². The largest absolute Gasteiger partial charge is 0.371 e. The van der Waals surface area contributed by atoms with Crippen LogP contribution in [0.4, 0.5) is 19.3 Å². The first kappa shape index (κ1) is 14.6. The lowest BCUT2D eigenvalue weighted by Crippen LogP contribution is -2.38. The third-order valence-corrected chi connectivity index (χ3v) is 3.44. The van der Waals surface area contributed by atoms with Gasteiger partial charge in [-0.15, -0.1) is 0 Å². The van der Waals surface area contributed by atoms with Crippen LogP contribution in [0.1, 0.15) is 13.3 Å². The van der Waals surface area contributed by atoms with Gasteiger partial charge in [0.1, 0.15) is 0 Å². The molecule has 0 radical (unpaired) electrons. The molecule has 2 N–H and O–H groups in total. The van der Waals surface area contributed by atoms with Gasteiger partial charge in [-0.05, 0) is 31.4 Å². The van der Waals surface area contributed by atoms with Gasteiger partial charge in [0.05, 0.1) is 0 Å². The third kappa shape index (κ3) is 3.59. The molecule has 1 aliphatic heterocycles. The molecule has 1 aromatic carbocycles. The number of carbonyl (C=O) groups is 1. The maximum Gasteiger partial charge on any atom is 0.314 e. The Morgan fingerprint density at radius 3 is 2.85 bits per heavy atom. The van der Waals surface area contributed by atoms with Gasteiger partial charge in [-0.25, -0.2) is 13.6 Å². The van der Waals surface area contributed by atoms with Crippen LogP contribution in [0.2, 0.25) is 0 Å². The summed E-state index contributed by atoms with van der Waals surface area (Å²) in [6.07, 6.45) is 0.922. The van der Waals surface area contributed by atoms with Gasteiger partial charge < -0.3 is 15.5 Å². The lowest BCUT2D eigenvalue weighted by Gasteiger charge is -2.19. The van der Waals surface area contributed by atoms with Crippen molar-refractivity contribution in [3.63, 3.8) is 0 Å². The van der Waals surface area contributed by atoms with Crippen LogP contribution in [-0.2, 0) is 0 Å². The summed E-state index contributed by atoms with van der Waals surface area (Å²) in [6, 6.07) is 3.77. The SMILES string of the molecule is CCNC(=O)NC[C@@H]1CCN(c2ccc(F)c(F)c2)C1. The van der Waals surface area contributed by atoms with Crippen LogP contribution < -0.4 is 15.5 Å². The Labute approximate surface area is 117 Å². The zero-order valence-corrected chi connectivity index (χ0v) is 11.5. The fraction of sp³-hybridized carbons (Fsp3) is 0.500. The molecule has 2 rings (SSSR count). The monoisotopic (exact) mass is 283 g/mol. The number of hydrogen-bond acceptors (Lipinski definition) is 2. The average molecular weight is 283 g/mol. The molecule has 0 unspecified atom stereocenters. The summed E-state index contributed by atoms with van der Waals surface area (Å²) in [6.45, 7) is 4.56. The third-order valence-electron chi connectivity index (χ3n) is 3.44. The number of nitrogens with zero attached hydrogens (tertiary/aromatic N) is 1. The van der Waals surface area contributed by atoms with Crippen LogP contribution >= 0.6 is 0 Å². The summed E-state index contributed by atoms with van der Waals surface area (Å²) >= 11 is 0. The van der Waals surface area contributed by atoms with E-state index >= 15 is 0 Å². The molecule has 2 amide bonds. The van der Waals surface area contributed by atoms with Crippen molar-refractivity contribution in [2.45, 2.75) is 13.3 Å². The lowest BCUT2D eigenvalue weighted by atomic mass is 10.1. The zero-order chi connectivity index (χ0) is 14.5. The van der Waals surface area contributed by atoms with Crippen molar-refractivity contribution < 1.29 is 13.6 Å². The highest BCUT2D eigenvalue weighted by atomic mass is 19.2. The number of rotatable bonds is 4. The number of amides is 2. The van der Waals surface area contributed by atoms with Gasteiger partial charge in [0.25, 0.3) is 0 Å². The van der Waals surface area contributed by atoms with Crippen LogP contribution in [0, 0.1) is 17.6 Å². The van der Waals surface area contributed by atoms with Crippen LogP contribution in [0.15, 0.2) is 18.2 Å². The zero-order valence-electron chi connectivity index (χ0n) is 11.5. The van der Waals surface area contributed by atoms with Crippen molar-refractivity contribution in [3.05, 3.63) is 29.8 Å². The van der Waals surface area contributed by atoms with Crippen molar-refractivity contribution >= 4 is 11.7 Å². The quantitative estimate of drug-likeness (QED) is 0.889. The predicted molar refractivity (Wildman–Crippen MR) is 73.8 cm³/mol. The van der Waals surface area contributed by atoms with Gasteiger partial charge in [0.15, 0.2) is 11.6 Å². The molecule has 0 bridgehead atoms. The first-order chi connectivity index (χ1) is 9.60. The number of hydrogen-bond donors (Lipinski definition) is 2. The summed E-state index contributed by atoms with van der Waals surface area (Å²) in [5.41, 5.74) is 0.685. The van der Waals surface area contributed by atoms with Crippen molar-refractivity contribution in [1.82, 2.24) is 10.6 Å². The van der Waals surface area contributed by atoms with Gasteiger partial charge in [-0.1, -0.05) is 0 Å². The molecule has 0 aromatic heterocycles. The van der Waals surface area contributed by atoms with Gasteiger partial charge in [0, 0.05) is 37.9 Å². The normalized spacial score (nSPS) is 18.1. The van der Waals surface area contributed by atoms with Crippen LogP contribution in [-0.4, -0.2) is 32.2 Å². The number of urea groups is 1. The Kier molecular flexibility index (Phi) is 4.76. The van der Waals surface area contributed by atoms with Crippen molar-refractivity contribution in [3.8, 4) is 0 Å². The molecule has 0 aliphatic carbocycles. The average Bonchev–Trinajstić information content (AvgIpc) is 2.89. The van der Waals surface area contributed by atoms with Crippen LogP contribution in [0.25, 0.3) is 0 Å². The van der Waals surface area contributed by atoms with E-state index in [4.69, 9.17) is 0 Å². The molecule has 20 heavy (non-hydrogen) atoms. The van der Waals surface area contributed by atoms with Crippen molar-refractivity contribution in [1.29, 1.82) is 0 Å². The smallest absolute Gasteiger partial charge is 0.314 e. The fourth-order valence-corrected chi connectivity index (χ4v) is 2.38. The summed E-state index contributed by atoms with van der Waals surface area (Å²) in [5, 5.41) is 5.48. The minimum atomic E-state index is -0.831. The Morgan fingerprint density at radius 2 is 2.15 bits per heavy atom. The molecule has 0 spiro atoms. The van der Waals surface area contributed by atoms with Gasteiger partial charge in [-0.3, -0.25) is 0 Å². The maximum atomic E-state index is 13.2. The molecule has 1 fully saturated rings. The predicted octanol–water partition coefficient (Wildman–Crippen LogP) is 2.11. The number of halogens is 2. The molecular weight excluding hydrogens is 264 g/mol. The second kappa shape index (κ2) is 6.54. The molecule has 110 valence electrons. The second-order valence-electron chi connectivity index (χ2n) is 4.94. The summed E-state index contributed by atoms with van der Waals surface area (Å²) in [7, 11) is 0. The van der Waals surface area contributed by atoms with E-state index in [9.17, 15) is 13.6 Å². The first-order valence-corrected chi connectivity index (χ1v) is 6.82. The van der Waals surface area contributed by atoms with E-state index in [0.29, 0.717) is 24.7 Å². The molecule has 1 atom stereocenters. The van der Waals surface area contributed by atoms with E-state index in [2.05, 4.69) is 10.6 Å². The number of benzene rings is 1. The highest BCUT2D eigenvalue weighted by molar-refractivity contribution is 5.73. The fourth-order valence-electron chi connectivity index (χ4n) is 2.38. The van der Waals surface area contributed by atoms with Crippen molar-refractivity contribution in [2.24, 2.45) is 5.92 Å². The standard InChI is InChI=1S/C14H19F2N3O/c1-2-17-14(20)18-8-10-5-6-19(9-10)11-3-4-12(15)13(16)7-11/h3-4,7,10H,2,5-6,8-9H2,1H3,(H2,17,18,20)/t10-/m0/s1. The summed E-state index contributed by atoms with van der Waals surface area (Å²) in [4.78, 5) is 13.3. The van der Waals surface area contributed by atoms with Crippen LogP contribution in [0.3, 0.4) is 0 Å². The highest BCUT2D eigenvalue weighted by Crippen LogP contribution is 2.24. The van der Waals surface area contributed by atoms with E-state index in [-0.39, 0.29) is 6.03 Å². The molecule has 1 aromatic rings. The van der Waals surface area contributed by atoms with E-state index in [0.717, 1.165) is 25.6 Å². The Hall–Kier alpha value is -1.85. The summed E-state index contributed by atoms with van der Waals surface area (Å²) in [5.74, 6) is -1.33. The van der Waals surface area contributed by atoms with E-state index in [1.54, 1.807) is 6.07 Å². The lowest BCUT2D eigenvalue weighted by molar-refractivity contribution is 0.240.